The number of aromatic nitrogens is 2. The number of H-pyrrole nitrogens is 1. The maximum absolute atomic E-state index is 5.74. The average molecular weight is 226 g/mol. The van der Waals surface area contributed by atoms with Gasteiger partial charge in [-0.2, -0.15) is 0 Å². The summed E-state index contributed by atoms with van der Waals surface area (Å²) in [6.07, 6.45) is 5.72. The summed E-state index contributed by atoms with van der Waals surface area (Å²) < 4.78 is 0. The molecule has 1 aromatic heterocycles. The second-order valence-corrected chi connectivity index (χ2v) is 4.12. The van der Waals surface area contributed by atoms with E-state index in [9.17, 15) is 0 Å². The Morgan fingerprint density at radius 1 is 1.73 bits per heavy atom. The fourth-order valence-corrected chi connectivity index (χ4v) is 1.87. The molecule has 0 fully saturated rings. The van der Waals surface area contributed by atoms with E-state index in [0.29, 0.717) is 4.99 Å². The predicted octanol–water partition coefficient (Wildman–Crippen LogP) is 1.47. The number of likely N-dealkylation sites (N-methyl/N-ethyl adjacent to an activating group) is 1. The number of hydrogen-bond donors (Lipinski definition) is 2. The van der Waals surface area contributed by atoms with E-state index in [1.807, 2.05) is 7.05 Å². The van der Waals surface area contributed by atoms with Crippen LogP contribution in [0.2, 0.25) is 0 Å². The van der Waals surface area contributed by atoms with E-state index in [1.165, 1.54) is 0 Å². The third kappa shape index (κ3) is 3.28. The first-order valence-corrected chi connectivity index (χ1v) is 5.55. The normalized spacial score (nSPS) is 13.0. The van der Waals surface area contributed by atoms with Gasteiger partial charge >= 0.3 is 0 Å². The molecule has 15 heavy (non-hydrogen) atoms. The van der Waals surface area contributed by atoms with Crippen molar-refractivity contribution in [1.29, 1.82) is 0 Å². The zero-order chi connectivity index (χ0) is 11.3. The Labute approximate surface area is 95.9 Å². The van der Waals surface area contributed by atoms with E-state index in [0.717, 1.165) is 25.1 Å². The number of unbranched alkanes of at least 4 members (excludes halogenated alkanes) is 1. The molecule has 0 aliphatic carbocycles. The Hall–Kier alpha value is -0.940. The fraction of sp³-hybridized carbons (Fsp3) is 0.600. The minimum atomic E-state index is -0.0333. The number of rotatable bonds is 6. The molecule has 3 N–H and O–H groups in total. The van der Waals surface area contributed by atoms with Gasteiger partial charge in [-0.3, -0.25) is 4.90 Å². The van der Waals surface area contributed by atoms with Crippen molar-refractivity contribution in [3.63, 3.8) is 0 Å². The number of hydrogen-bond acceptors (Lipinski definition) is 3. The summed E-state index contributed by atoms with van der Waals surface area (Å²) in [6.45, 7) is 3.15. The van der Waals surface area contributed by atoms with Crippen molar-refractivity contribution in [3.8, 4) is 0 Å². The largest absolute Gasteiger partial charge is 0.392 e. The first-order valence-electron chi connectivity index (χ1n) is 5.14. The number of nitrogens with one attached hydrogen (secondary N) is 1. The molecule has 5 heteroatoms. The van der Waals surface area contributed by atoms with Gasteiger partial charge in [-0.1, -0.05) is 25.6 Å². The van der Waals surface area contributed by atoms with Gasteiger partial charge in [-0.25, -0.2) is 4.98 Å². The van der Waals surface area contributed by atoms with Gasteiger partial charge in [0.25, 0.3) is 0 Å². The summed E-state index contributed by atoms with van der Waals surface area (Å²) in [5.41, 5.74) is 6.70. The van der Waals surface area contributed by atoms with Crippen LogP contribution in [-0.4, -0.2) is 33.4 Å². The van der Waals surface area contributed by atoms with E-state index in [4.69, 9.17) is 18.0 Å². The van der Waals surface area contributed by atoms with Crippen molar-refractivity contribution in [2.45, 2.75) is 25.8 Å². The van der Waals surface area contributed by atoms with Crippen molar-refractivity contribution in [3.05, 3.63) is 18.2 Å². The summed E-state index contributed by atoms with van der Waals surface area (Å²) in [7, 11) is 2.03. The van der Waals surface area contributed by atoms with Gasteiger partial charge in [-0.05, 0) is 20.0 Å². The maximum atomic E-state index is 5.74. The van der Waals surface area contributed by atoms with Crippen LogP contribution in [0.3, 0.4) is 0 Å². The molecule has 1 heterocycles. The molecule has 1 atom stereocenters. The first-order chi connectivity index (χ1) is 7.16. The second kappa shape index (κ2) is 5.82. The molecule has 0 radical (unpaired) electrons. The Morgan fingerprint density at radius 2 is 2.47 bits per heavy atom. The zero-order valence-corrected chi connectivity index (χ0v) is 10.0. The van der Waals surface area contributed by atoms with Gasteiger partial charge in [0.1, 0.15) is 6.04 Å². The zero-order valence-electron chi connectivity index (χ0n) is 9.23. The van der Waals surface area contributed by atoms with Gasteiger partial charge in [0.05, 0.1) is 17.0 Å². The summed E-state index contributed by atoms with van der Waals surface area (Å²) >= 11 is 5.08. The van der Waals surface area contributed by atoms with Crippen LogP contribution in [0.4, 0.5) is 0 Å². The standard InChI is InChI=1S/C10H18N4S/c1-3-4-5-14(2)9(10(11)15)8-6-12-7-13-8/h6-7,9H,3-5H2,1-2H3,(H2,11,15)(H,12,13). The Bertz CT molecular complexity index is 296. The molecular weight excluding hydrogens is 208 g/mol. The minimum Gasteiger partial charge on any atom is -0.392 e. The molecule has 0 aliphatic heterocycles. The Balaban J connectivity index is 2.70. The highest BCUT2D eigenvalue weighted by Crippen LogP contribution is 2.17. The second-order valence-electron chi connectivity index (χ2n) is 3.65. The van der Waals surface area contributed by atoms with Gasteiger partial charge < -0.3 is 10.7 Å². The molecule has 0 aliphatic rings. The van der Waals surface area contributed by atoms with Crippen molar-refractivity contribution in [1.82, 2.24) is 14.9 Å². The van der Waals surface area contributed by atoms with Crippen molar-refractivity contribution < 1.29 is 0 Å². The lowest BCUT2D eigenvalue weighted by atomic mass is 10.2. The summed E-state index contributed by atoms with van der Waals surface area (Å²) in [4.78, 5) is 9.68. The van der Waals surface area contributed by atoms with Crippen LogP contribution in [-0.2, 0) is 0 Å². The molecule has 0 bridgehead atoms. The van der Waals surface area contributed by atoms with Crippen LogP contribution >= 0.6 is 12.2 Å². The molecule has 0 spiro atoms. The Morgan fingerprint density at radius 3 is 2.93 bits per heavy atom. The summed E-state index contributed by atoms with van der Waals surface area (Å²) in [6, 6.07) is -0.0333. The van der Waals surface area contributed by atoms with Gasteiger partial charge in [0.15, 0.2) is 0 Å². The molecule has 1 aromatic rings. The van der Waals surface area contributed by atoms with Gasteiger partial charge in [0.2, 0.25) is 0 Å². The quantitative estimate of drug-likeness (QED) is 0.721. The maximum Gasteiger partial charge on any atom is 0.102 e. The van der Waals surface area contributed by atoms with E-state index in [2.05, 4.69) is 21.8 Å². The van der Waals surface area contributed by atoms with Crippen molar-refractivity contribution in [2.75, 3.05) is 13.6 Å². The molecule has 0 amide bonds. The van der Waals surface area contributed by atoms with Crippen molar-refractivity contribution in [2.24, 2.45) is 5.73 Å². The molecule has 84 valence electrons. The molecule has 0 saturated carbocycles. The summed E-state index contributed by atoms with van der Waals surface area (Å²) in [5, 5.41) is 0. The van der Waals surface area contributed by atoms with Crippen LogP contribution in [0.5, 0.6) is 0 Å². The minimum absolute atomic E-state index is 0.0333. The van der Waals surface area contributed by atoms with E-state index >= 15 is 0 Å². The number of nitrogens with two attached hydrogens (primary N) is 1. The first kappa shape index (κ1) is 12.1. The fourth-order valence-electron chi connectivity index (χ4n) is 1.56. The SMILES string of the molecule is CCCCN(C)C(C(N)=S)c1cnc[nH]1. The van der Waals surface area contributed by atoms with Crippen LogP contribution in [0.25, 0.3) is 0 Å². The monoisotopic (exact) mass is 226 g/mol. The number of imidazole rings is 1. The topological polar surface area (TPSA) is 57.9 Å². The number of nitrogens with zero attached hydrogens (tertiary/aromatic N) is 2. The Kier molecular flexibility index (Phi) is 4.71. The molecular formula is C10H18N4S. The average Bonchev–Trinajstić information content (AvgIpc) is 2.67. The molecule has 0 saturated heterocycles. The molecule has 1 unspecified atom stereocenters. The van der Waals surface area contributed by atoms with Crippen LogP contribution in [0.15, 0.2) is 12.5 Å². The lowest BCUT2D eigenvalue weighted by Gasteiger charge is -2.25. The number of aromatic amines is 1. The smallest absolute Gasteiger partial charge is 0.102 e. The van der Waals surface area contributed by atoms with Gasteiger partial charge in [-0.15, -0.1) is 0 Å². The highest BCUT2D eigenvalue weighted by atomic mass is 32.1. The summed E-state index contributed by atoms with van der Waals surface area (Å²) in [5.74, 6) is 0. The predicted molar refractivity (Wildman–Crippen MR) is 65.7 cm³/mol. The molecule has 0 aromatic carbocycles. The van der Waals surface area contributed by atoms with Crippen LogP contribution in [0.1, 0.15) is 31.5 Å². The van der Waals surface area contributed by atoms with Crippen LogP contribution < -0.4 is 5.73 Å². The molecule has 1 rings (SSSR count). The lowest BCUT2D eigenvalue weighted by molar-refractivity contribution is 0.293. The van der Waals surface area contributed by atoms with Gasteiger partial charge in [0, 0.05) is 6.20 Å². The van der Waals surface area contributed by atoms with Crippen molar-refractivity contribution >= 4 is 17.2 Å². The highest BCUT2D eigenvalue weighted by molar-refractivity contribution is 7.80. The number of thiocarbonyl (C=S) groups is 1. The lowest BCUT2D eigenvalue weighted by Crippen LogP contribution is -2.35. The van der Waals surface area contributed by atoms with E-state index in [1.54, 1.807) is 12.5 Å². The van der Waals surface area contributed by atoms with E-state index < -0.39 is 0 Å². The van der Waals surface area contributed by atoms with E-state index in [-0.39, 0.29) is 6.04 Å². The molecule has 4 nitrogen and oxygen atoms in total. The third-order valence-corrected chi connectivity index (χ3v) is 2.61. The highest BCUT2D eigenvalue weighted by Gasteiger charge is 2.20. The third-order valence-electron chi connectivity index (χ3n) is 2.39. The van der Waals surface area contributed by atoms with Crippen LogP contribution in [0, 0.1) is 0 Å².